The van der Waals surface area contributed by atoms with Crippen molar-refractivity contribution in [1.29, 1.82) is 0 Å². The number of amides is 3. The first-order valence-corrected chi connectivity index (χ1v) is 14.4. The fourth-order valence-electron chi connectivity index (χ4n) is 5.56. The number of aromatic amines is 2. The van der Waals surface area contributed by atoms with E-state index in [2.05, 4.69) is 31.2 Å². The largest absolute Gasteiger partial charge is 0.481 e. The summed E-state index contributed by atoms with van der Waals surface area (Å²) in [5, 5.41) is 31.7. The van der Waals surface area contributed by atoms with Crippen molar-refractivity contribution in [2.45, 2.75) is 56.3 Å². The zero-order valence-electron chi connectivity index (χ0n) is 23.8. The molecule has 3 amide bonds. The van der Waals surface area contributed by atoms with Crippen molar-refractivity contribution in [3.8, 4) is 0 Å². The Bertz CT molecular complexity index is 1690. The number of carboxylic acids is 2. The molecule has 0 spiro atoms. The molecule has 13 nitrogen and oxygen atoms in total. The molecule has 2 aromatic heterocycles. The van der Waals surface area contributed by atoms with Gasteiger partial charge < -0.3 is 41.4 Å². The first-order valence-electron chi connectivity index (χ1n) is 14.4. The van der Waals surface area contributed by atoms with E-state index in [0.717, 1.165) is 28.2 Å². The molecular formula is C31H34N6O7. The van der Waals surface area contributed by atoms with Crippen molar-refractivity contribution in [1.82, 2.24) is 31.2 Å². The summed E-state index contributed by atoms with van der Waals surface area (Å²) in [5.74, 6) is -4.73. The number of aromatic nitrogens is 2. The number of aliphatic carboxylic acids is 2. The van der Waals surface area contributed by atoms with Crippen LogP contribution in [0.15, 0.2) is 60.9 Å². The Morgan fingerprint density at radius 3 is 1.84 bits per heavy atom. The van der Waals surface area contributed by atoms with E-state index >= 15 is 0 Å². The summed E-state index contributed by atoms with van der Waals surface area (Å²) < 4.78 is 0. The van der Waals surface area contributed by atoms with Gasteiger partial charge in [-0.3, -0.25) is 19.2 Å². The van der Waals surface area contributed by atoms with Crippen molar-refractivity contribution in [3.63, 3.8) is 0 Å². The number of para-hydroxylation sites is 2. The van der Waals surface area contributed by atoms with Crippen molar-refractivity contribution in [2.24, 2.45) is 0 Å². The number of carboxylic acid groups (broad SMARTS) is 2. The first kappa shape index (κ1) is 30.3. The lowest BCUT2D eigenvalue weighted by atomic mass is 10.0. The highest BCUT2D eigenvalue weighted by molar-refractivity contribution is 5.96. The highest BCUT2D eigenvalue weighted by atomic mass is 16.4. The Morgan fingerprint density at radius 2 is 1.30 bits per heavy atom. The lowest BCUT2D eigenvalue weighted by molar-refractivity contribution is -0.143. The minimum absolute atomic E-state index is 0.0229. The van der Waals surface area contributed by atoms with Gasteiger partial charge in [0.05, 0.1) is 12.5 Å². The first-order chi connectivity index (χ1) is 21.2. The molecule has 4 unspecified atom stereocenters. The van der Waals surface area contributed by atoms with E-state index in [1.165, 1.54) is 0 Å². The molecule has 0 aliphatic carbocycles. The van der Waals surface area contributed by atoms with Crippen LogP contribution in [-0.4, -0.2) is 80.6 Å². The average molecular weight is 603 g/mol. The van der Waals surface area contributed by atoms with E-state index in [0.29, 0.717) is 24.1 Å². The van der Waals surface area contributed by atoms with Gasteiger partial charge in [-0.15, -0.1) is 0 Å². The summed E-state index contributed by atoms with van der Waals surface area (Å²) in [7, 11) is 0. The van der Waals surface area contributed by atoms with Crippen LogP contribution >= 0.6 is 0 Å². The summed E-state index contributed by atoms with van der Waals surface area (Å²) in [5.41, 5.74) is 2.99. The van der Waals surface area contributed by atoms with E-state index in [1.807, 2.05) is 48.5 Å². The number of H-pyrrole nitrogens is 2. The van der Waals surface area contributed by atoms with Crippen molar-refractivity contribution in [3.05, 3.63) is 72.1 Å². The number of carbonyl (C=O) groups excluding carboxylic acids is 3. The van der Waals surface area contributed by atoms with Gasteiger partial charge in [0.2, 0.25) is 17.7 Å². The summed E-state index contributed by atoms with van der Waals surface area (Å²) in [6, 6.07) is 10.1. The molecule has 5 rings (SSSR count). The van der Waals surface area contributed by atoms with Crippen LogP contribution < -0.4 is 21.3 Å². The van der Waals surface area contributed by atoms with Gasteiger partial charge in [0, 0.05) is 47.0 Å². The van der Waals surface area contributed by atoms with Gasteiger partial charge >= 0.3 is 11.9 Å². The molecule has 8 N–H and O–H groups in total. The van der Waals surface area contributed by atoms with Gasteiger partial charge in [0.1, 0.15) is 18.1 Å². The molecule has 0 radical (unpaired) electrons. The van der Waals surface area contributed by atoms with Crippen LogP contribution in [0.25, 0.3) is 21.8 Å². The number of carbonyl (C=O) groups is 5. The second kappa shape index (κ2) is 13.4. The van der Waals surface area contributed by atoms with E-state index in [-0.39, 0.29) is 12.8 Å². The topological polar surface area (TPSA) is 206 Å². The van der Waals surface area contributed by atoms with E-state index in [1.54, 1.807) is 12.4 Å². The standard InChI is InChI=1S/C31H34N6O7/c38-27(39)14-25(36-28(40)23-10-5-11-32-23)30(42)35-24(12-17-15-33-21-8-3-1-6-19(17)21)29(41)37-26(31(43)44)13-18-16-34-22-9-4-2-7-20(18)22/h1-4,6-9,15-16,23-26,32-34H,5,10-14H2,(H,35,42)(H,36,40)(H,37,41)(H,38,39)(H,43,44). The summed E-state index contributed by atoms with van der Waals surface area (Å²) in [4.78, 5) is 70.0. The quantitative estimate of drug-likeness (QED) is 0.111. The summed E-state index contributed by atoms with van der Waals surface area (Å²) in [6.45, 7) is 0.629. The molecule has 1 aliphatic heterocycles. The summed E-state index contributed by atoms with van der Waals surface area (Å²) in [6.07, 6.45) is 3.94. The lowest BCUT2D eigenvalue weighted by Crippen LogP contribution is -2.58. The number of rotatable bonds is 13. The molecule has 230 valence electrons. The normalized spacial score (nSPS) is 16.7. The fourth-order valence-corrected chi connectivity index (χ4v) is 5.56. The minimum Gasteiger partial charge on any atom is -0.481 e. The Morgan fingerprint density at radius 1 is 0.750 bits per heavy atom. The lowest BCUT2D eigenvalue weighted by Gasteiger charge is -2.24. The Hall–Kier alpha value is -5.17. The van der Waals surface area contributed by atoms with Crippen LogP contribution in [0.3, 0.4) is 0 Å². The molecular weight excluding hydrogens is 568 g/mol. The molecule has 0 bridgehead atoms. The van der Waals surface area contributed by atoms with Crippen LogP contribution in [0.2, 0.25) is 0 Å². The van der Waals surface area contributed by atoms with Crippen LogP contribution in [-0.2, 0) is 36.8 Å². The van der Waals surface area contributed by atoms with Crippen LogP contribution in [0.1, 0.15) is 30.4 Å². The van der Waals surface area contributed by atoms with Gasteiger partial charge in [0.25, 0.3) is 0 Å². The molecule has 1 fully saturated rings. The maximum absolute atomic E-state index is 13.7. The molecule has 1 saturated heterocycles. The minimum atomic E-state index is -1.46. The van der Waals surface area contributed by atoms with Crippen LogP contribution in [0, 0.1) is 0 Å². The third kappa shape index (κ3) is 7.06. The zero-order chi connectivity index (χ0) is 31.2. The molecule has 44 heavy (non-hydrogen) atoms. The van der Waals surface area contributed by atoms with E-state index < -0.39 is 60.2 Å². The predicted molar refractivity (Wildman–Crippen MR) is 161 cm³/mol. The van der Waals surface area contributed by atoms with Crippen molar-refractivity contribution in [2.75, 3.05) is 6.54 Å². The summed E-state index contributed by atoms with van der Waals surface area (Å²) >= 11 is 0. The monoisotopic (exact) mass is 602 g/mol. The average Bonchev–Trinajstić information content (AvgIpc) is 3.77. The molecule has 4 aromatic rings. The maximum Gasteiger partial charge on any atom is 0.326 e. The van der Waals surface area contributed by atoms with Gasteiger partial charge in [-0.05, 0) is 42.6 Å². The Labute approximate surface area is 251 Å². The molecule has 4 atom stereocenters. The Kier molecular flexibility index (Phi) is 9.24. The molecule has 2 aromatic carbocycles. The second-order valence-electron chi connectivity index (χ2n) is 10.9. The third-order valence-electron chi connectivity index (χ3n) is 7.83. The highest BCUT2D eigenvalue weighted by Crippen LogP contribution is 2.21. The molecule has 0 saturated carbocycles. The SMILES string of the molecule is O=C(O)CC(NC(=O)C1CCCN1)C(=O)NC(Cc1c[nH]c2ccccc12)C(=O)NC(Cc1c[nH]c2ccccc12)C(=O)O. The van der Waals surface area contributed by atoms with Crippen LogP contribution in [0.5, 0.6) is 0 Å². The third-order valence-corrected chi connectivity index (χ3v) is 7.83. The number of nitrogens with one attached hydrogen (secondary N) is 6. The Balaban J connectivity index is 1.38. The second-order valence-corrected chi connectivity index (χ2v) is 10.9. The predicted octanol–water partition coefficient (Wildman–Crippen LogP) is 1.20. The number of benzene rings is 2. The van der Waals surface area contributed by atoms with Gasteiger partial charge in [0.15, 0.2) is 0 Å². The molecule has 13 heteroatoms. The molecule has 3 heterocycles. The van der Waals surface area contributed by atoms with Crippen molar-refractivity contribution >= 4 is 51.5 Å². The van der Waals surface area contributed by atoms with Crippen LogP contribution in [0.4, 0.5) is 0 Å². The van der Waals surface area contributed by atoms with E-state index in [9.17, 15) is 34.2 Å². The fraction of sp³-hybridized carbons (Fsp3) is 0.323. The smallest absolute Gasteiger partial charge is 0.326 e. The maximum atomic E-state index is 13.7. The van der Waals surface area contributed by atoms with Gasteiger partial charge in [-0.1, -0.05) is 36.4 Å². The van der Waals surface area contributed by atoms with Gasteiger partial charge in [-0.2, -0.15) is 0 Å². The number of hydrogen-bond acceptors (Lipinski definition) is 6. The highest BCUT2D eigenvalue weighted by Gasteiger charge is 2.33. The zero-order valence-corrected chi connectivity index (χ0v) is 23.8. The molecule has 1 aliphatic rings. The van der Waals surface area contributed by atoms with E-state index in [4.69, 9.17) is 0 Å². The number of fused-ring (bicyclic) bond motifs is 2. The number of hydrogen-bond donors (Lipinski definition) is 8. The van der Waals surface area contributed by atoms with Gasteiger partial charge in [-0.25, -0.2) is 4.79 Å². The van der Waals surface area contributed by atoms with Crippen molar-refractivity contribution < 1.29 is 34.2 Å².